The quantitative estimate of drug-likeness (QED) is 0.426. The second kappa shape index (κ2) is 6.03. The summed E-state index contributed by atoms with van der Waals surface area (Å²) in [4.78, 5) is 11.9. The molecule has 0 unspecified atom stereocenters. The van der Waals surface area contributed by atoms with Crippen LogP contribution in [0.4, 0.5) is 17.8 Å². The van der Waals surface area contributed by atoms with Gasteiger partial charge in [-0.15, -0.1) is 0 Å². The lowest BCUT2D eigenvalue weighted by Gasteiger charge is -2.10. The first-order chi connectivity index (χ1) is 7.65. The molecule has 0 radical (unpaired) electrons. The molecular weight excluding hydrogens is 210 g/mol. The zero-order valence-corrected chi connectivity index (χ0v) is 9.36. The van der Waals surface area contributed by atoms with Gasteiger partial charge >= 0.3 is 0 Å². The van der Waals surface area contributed by atoms with E-state index in [0.29, 0.717) is 25.0 Å². The van der Waals surface area contributed by atoms with Crippen LogP contribution in [0.15, 0.2) is 0 Å². The molecule has 0 saturated heterocycles. The number of nitrogens with zero attached hydrogens (tertiary/aromatic N) is 3. The molecule has 0 aliphatic carbocycles. The molecule has 0 fully saturated rings. The summed E-state index contributed by atoms with van der Waals surface area (Å²) in [5.74, 6) is 0.832. The zero-order chi connectivity index (χ0) is 12.0. The predicted octanol–water partition coefficient (Wildman–Crippen LogP) is -0.136. The summed E-state index contributed by atoms with van der Waals surface area (Å²) in [5.41, 5.74) is 7.24. The molecule has 0 saturated carbocycles. The molecule has 0 bridgehead atoms. The maximum atomic E-state index is 8.76. The lowest BCUT2D eigenvalue weighted by atomic mass is 10.4. The Morgan fingerprint density at radius 1 is 1.19 bits per heavy atom. The number of aromatic nitrogens is 3. The number of anilines is 3. The molecule has 16 heavy (non-hydrogen) atoms. The summed E-state index contributed by atoms with van der Waals surface area (Å²) < 4.78 is 0. The zero-order valence-electron chi connectivity index (χ0n) is 9.36. The van der Waals surface area contributed by atoms with Crippen LogP contribution in [0.3, 0.4) is 0 Å². The van der Waals surface area contributed by atoms with Crippen LogP contribution in [0.1, 0.15) is 13.8 Å². The van der Waals surface area contributed by atoms with Crippen molar-refractivity contribution in [1.82, 2.24) is 15.0 Å². The van der Waals surface area contributed by atoms with Crippen LogP contribution in [-0.4, -0.2) is 39.3 Å². The third-order valence-corrected chi connectivity index (χ3v) is 1.58. The Balaban J connectivity index is 2.82. The second-order valence-electron chi connectivity index (χ2n) is 3.43. The molecule has 0 aliphatic rings. The molecule has 0 aliphatic heterocycles. The normalized spacial score (nSPS) is 10.3. The van der Waals surface area contributed by atoms with Gasteiger partial charge in [0.05, 0.1) is 0 Å². The number of hydrogen-bond donors (Lipinski definition) is 5. The molecule has 8 nitrogen and oxygen atoms in total. The van der Waals surface area contributed by atoms with Crippen molar-refractivity contribution in [3.8, 4) is 0 Å². The third-order valence-electron chi connectivity index (χ3n) is 1.58. The Morgan fingerprint density at radius 2 is 1.81 bits per heavy atom. The van der Waals surface area contributed by atoms with E-state index in [4.69, 9.17) is 10.9 Å². The van der Waals surface area contributed by atoms with Crippen LogP contribution in [0.25, 0.3) is 0 Å². The summed E-state index contributed by atoms with van der Waals surface area (Å²) in [6.45, 7) is 4.95. The predicted molar refractivity (Wildman–Crippen MR) is 61.5 cm³/mol. The van der Waals surface area contributed by atoms with E-state index in [-0.39, 0.29) is 12.0 Å². The Kier molecular flexibility index (Phi) is 4.67. The highest BCUT2D eigenvalue weighted by molar-refractivity contribution is 5.41. The van der Waals surface area contributed by atoms with Crippen molar-refractivity contribution in [2.75, 3.05) is 29.2 Å². The fraction of sp³-hybridized carbons (Fsp3) is 0.625. The molecule has 1 aromatic rings. The van der Waals surface area contributed by atoms with Crippen molar-refractivity contribution < 1.29 is 5.21 Å². The monoisotopic (exact) mass is 227 g/mol. The SMILES string of the molecule is CC(C)Nc1nc(NO)nc(NCCN)n1. The Labute approximate surface area is 93.7 Å². The van der Waals surface area contributed by atoms with Crippen molar-refractivity contribution >= 4 is 17.8 Å². The summed E-state index contributed by atoms with van der Waals surface area (Å²) >= 11 is 0. The highest BCUT2D eigenvalue weighted by Gasteiger charge is 2.06. The molecule has 90 valence electrons. The van der Waals surface area contributed by atoms with Gasteiger partial charge in [-0.05, 0) is 13.8 Å². The average molecular weight is 227 g/mol. The fourth-order valence-electron chi connectivity index (χ4n) is 1.01. The number of rotatable bonds is 6. The van der Waals surface area contributed by atoms with E-state index in [2.05, 4.69) is 25.6 Å². The van der Waals surface area contributed by atoms with E-state index in [1.165, 1.54) is 0 Å². The fourth-order valence-corrected chi connectivity index (χ4v) is 1.01. The van der Waals surface area contributed by atoms with Crippen molar-refractivity contribution in [1.29, 1.82) is 0 Å². The van der Waals surface area contributed by atoms with Crippen LogP contribution >= 0.6 is 0 Å². The van der Waals surface area contributed by atoms with Crippen LogP contribution < -0.4 is 21.8 Å². The molecule has 1 aromatic heterocycles. The van der Waals surface area contributed by atoms with E-state index in [1.807, 2.05) is 19.3 Å². The van der Waals surface area contributed by atoms with Gasteiger partial charge < -0.3 is 16.4 Å². The van der Waals surface area contributed by atoms with Crippen LogP contribution in [0.5, 0.6) is 0 Å². The minimum Gasteiger partial charge on any atom is -0.353 e. The Hall–Kier alpha value is -1.67. The van der Waals surface area contributed by atoms with E-state index < -0.39 is 0 Å². The first-order valence-electron chi connectivity index (χ1n) is 5.02. The molecule has 8 heteroatoms. The lowest BCUT2D eigenvalue weighted by molar-refractivity contribution is 0.382. The van der Waals surface area contributed by atoms with Gasteiger partial charge in [0.1, 0.15) is 0 Å². The van der Waals surface area contributed by atoms with Gasteiger partial charge in [0.15, 0.2) is 0 Å². The number of nitrogens with one attached hydrogen (secondary N) is 3. The smallest absolute Gasteiger partial charge is 0.253 e. The van der Waals surface area contributed by atoms with Gasteiger partial charge in [0.25, 0.3) is 5.95 Å². The van der Waals surface area contributed by atoms with E-state index in [0.717, 1.165) is 0 Å². The topological polar surface area (TPSA) is 121 Å². The highest BCUT2D eigenvalue weighted by Crippen LogP contribution is 2.09. The Bertz CT molecular complexity index is 330. The summed E-state index contributed by atoms with van der Waals surface area (Å²) in [6, 6.07) is 0.191. The standard InChI is InChI=1S/C8H17N7O/c1-5(2)11-7-12-6(10-4-3-9)13-8(14-7)15-16/h5,16H,3-4,9H2,1-2H3,(H3,10,11,12,13,14,15). The minimum absolute atomic E-state index is 0.0812. The van der Waals surface area contributed by atoms with E-state index in [1.54, 1.807) is 0 Å². The molecule has 6 N–H and O–H groups in total. The third kappa shape index (κ3) is 3.83. The van der Waals surface area contributed by atoms with Crippen molar-refractivity contribution in [3.05, 3.63) is 0 Å². The molecular formula is C8H17N7O. The van der Waals surface area contributed by atoms with Crippen molar-refractivity contribution in [3.63, 3.8) is 0 Å². The van der Waals surface area contributed by atoms with E-state index >= 15 is 0 Å². The van der Waals surface area contributed by atoms with Crippen LogP contribution in [0, 0.1) is 0 Å². The summed E-state index contributed by atoms with van der Waals surface area (Å²) in [7, 11) is 0. The van der Waals surface area contributed by atoms with Gasteiger partial charge in [0, 0.05) is 19.1 Å². The molecule has 0 aromatic carbocycles. The molecule has 1 rings (SSSR count). The highest BCUT2D eigenvalue weighted by atomic mass is 16.5. The molecule has 1 heterocycles. The van der Waals surface area contributed by atoms with Crippen molar-refractivity contribution in [2.24, 2.45) is 5.73 Å². The maximum Gasteiger partial charge on any atom is 0.253 e. The lowest BCUT2D eigenvalue weighted by Crippen LogP contribution is -2.18. The van der Waals surface area contributed by atoms with Gasteiger partial charge in [-0.3, -0.25) is 5.21 Å². The maximum absolute atomic E-state index is 8.76. The summed E-state index contributed by atoms with van der Waals surface area (Å²) in [5, 5.41) is 14.7. The first-order valence-corrected chi connectivity index (χ1v) is 5.02. The minimum atomic E-state index is 0.0812. The van der Waals surface area contributed by atoms with Crippen molar-refractivity contribution in [2.45, 2.75) is 19.9 Å². The van der Waals surface area contributed by atoms with Gasteiger partial charge in [-0.25, -0.2) is 5.48 Å². The van der Waals surface area contributed by atoms with Gasteiger partial charge in [-0.2, -0.15) is 15.0 Å². The molecule has 0 spiro atoms. The Morgan fingerprint density at radius 3 is 2.38 bits per heavy atom. The van der Waals surface area contributed by atoms with Gasteiger partial charge in [0.2, 0.25) is 11.9 Å². The molecule has 0 amide bonds. The van der Waals surface area contributed by atoms with Crippen LogP contribution in [0.2, 0.25) is 0 Å². The van der Waals surface area contributed by atoms with E-state index in [9.17, 15) is 0 Å². The largest absolute Gasteiger partial charge is 0.353 e. The number of nitrogens with two attached hydrogens (primary N) is 1. The van der Waals surface area contributed by atoms with Gasteiger partial charge in [-0.1, -0.05) is 0 Å². The first kappa shape index (κ1) is 12.4. The number of hydrogen-bond acceptors (Lipinski definition) is 8. The molecule has 0 atom stereocenters. The average Bonchev–Trinajstić information content (AvgIpc) is 2.25. The van der Waals surface area contributed by atoms with Crippen LogP contribution in [-0.2, 0) is 0 Å². The second-order valence-corrected chi connectivity index (χ2v) is 3.43. The summed E-state index contributed by atoms with van der Waals surface area (Å²) in [6.07, 6.45) is 0.